The van der Waals surface area contributed by atoms with E-state index in [9.17, 15) is 22.8 Å². The number of benzene rings is 2. The number of anilines is 3. The van der Waals surface area contributed by atoms with E-state index in [1.807, 2.05) is 42.3 Å². The normalized spacial score (nSPS) is 19.9. The largest absolute Gasteiger partial charge is 0.471 e. The van der Waals surface area contributed by atoms with Gasteiger partial charge in [-0.25, -0.2) is 4.79 Å². The monoisotopic (exact) mass is 447 g/mol. The highest BCUT2D eigenvalue weighted by atomic mass is 19.4. The van der Waals surface area contributed by atoms with Gasteiger partial charge >= 0.3 is 18.1 Å². The van der Waals surface area contributed by atoms with Crippen molar-refractivity contribution in [3.8, 4) is 0 Å². The molecule has 0 bridgehead atoms. The van der Waals surface area contributed by atoms with Gasteiger partial charge in [-0.2, -0.15) is 13.2 Å². The van der Waals surface area contributed by atoms with Crippen molar-refractivity contribution < 1.29 is 27.5 Å². The Labute approximate surface area is 183 Å². The Morgan fingerprint density at radius 3 is 2.59 bits per heavy atom. The van der Waals surface area contributed by atoms with Crippen LogP contribution in [0.2, 0.25) is 0 Å². The van der Waals surface area contributed by atoms with E-state index >= 15 is 0 Å². The first-order valence-corrected chi connectivity index (χ1v) is 10.5. The van der Waals surface area contributed by atoms with E-state index in [0.717, 1.165) is 22.6 Å². The van der Waals surface area contributed by atoms with Crippen LogP contribution in [0, 0.1) is 0 Å². The molecule has 2 aliphatic rings. The van der Waals surface area contributed by atoms with Crippen molar-refractivity contribution in [2.24, 2.45) is 0 Å². The highest BCUT2D eigenvalue weighted by molar-refractivity contribution is 5.94. The second-order valence-corrected chi connectivity index (χ2v) is 7.94. The maximum atomic E-state index is 12.8. The van der Waals surface area contributed by atoms with Gasteiger partial charge in [0, 0.05) is 25.3 Å². The molecule has 1 saturated heterocycles. The summed E-state index contributed by atoms with van der Waals surface area (Å²) in [7, 11) is 1.90. The fraction of sp³-hybridized carbons (Fsp3) is 0.391. The average molecular weight is 447 g/mol. The predicted octanol–water partition coefficient (Wildman–Crippen LogP) is 4.33. The number of rotatable bonds is 3. The number of halogens is 3. The molecule has 170 valence electrons. The van der Waals surface area contributed by atoms with Crippen LogP contribution in [-0.4, -0.2) is 44.3 Å². The van der Waals surface area contributed by atoms with Crippen molar-refractivity contribution in [2.45, 2.75) is 38.0 Å². The van der Waals surface area contributed by atoms with Crippen LogP contribution in [-0.2, 0) is 9.53 Å². The number of hydrogen-bond acceptors (Lipinski definition) is 5. The van der Waals surface area contributed by atoms with E-state index in [1.165, 1.54) is 0 Å². The number of ether oxygens (including phenoxy) is 1. The number of alkyl halides is 3. The van der Waals surface area contributed by atoms with Crippen LogP contribution < -0.4 is 15.1 Å². The molecule has 0 unspecified atom stereocenters. The van der Waals surface area contributed by atoms with Gasteiger partial charge in [0.15, 0.2) is 0 Å². The van der Waals surface area contributed by atoms with E-state index in [0.29, 0.717) is 24.9 Å². The fourth-order valence-corrected chi connectivity index (χ4v) is 4.53. The Hall–Kier alpha value is -3.23. The number of amides is 1. The van der Waals surface area contributed by atoms with Gasteiger partial charge in [0.05, 0.1) is 29.6 Å². The molecule has 6 nitrogen and oxygen atoms in total. The summed E-state index contributed by atoms with van der Waals surface area (Å²) in [6, 6.07) is 12.2. The van der Waals surface area contributed by atoms with Crippen LogP contribution in [0.25, 0.3) is 0 Å². The average Bonchev–Trinajstić information content (AvgIpc) is 2.87. The molecule has 0 radical (unpaired) electrons. The Morgan fingerprint density at radius 1 is 1.12 bits per heavy atom. The van der Waals surface area contributed by atoms with Crippen molar-refractivity contribution in [1.29, 1.82) is 0 Å². The van der Waals surface area contributed by atoms with Gasteiger partial charge in [-0.1, -0.05) is 18.2 Å². The summed E-state index contributed by atoms with van der Waals surface area (Å²) in [6.07, 6.45) is -4.19. The summed E-state index contributed by atoms with van der Waals surface area (Å²) in [5, 5.41) is 2.15. The lowest BCUT2D eigenvalue weighted by Crippen LogP contribution is -2.49. The van der Waals surface area contributed by atoms with Crippen LogP contribution in [0.1, 0.15) is 41.7 Å². The zero-order chi connectivity index (χ0) is 23.0. The van der Waals surface area contributed by atoms with Gasteiger partial charge < -0.3 is 19.9 Å². The number of nitrogens with zero attached hydrogens (tertiary/aromatic N) is 2. The standard InChI is InChI=1S/C23H24F3N3O3/c1-3-32-21(30)14-8-9-18-20(12-14)28(2)17-7-5-4-6-16(17)19-13-15(10-11-29(18)19)27-22(31)23(24,25)26/h4-9,12,15,19H,3,10-11,13H2,1-2H3,(H,27,31)/t15-,19-/m1/s1. The Kier molecular flexibility index (Phi) is 5.75. The molecule has 1 N–H and O–H groups in total. The van der Waals surface area contributed by atoms with Crippen LogP contribution in [0.4, 0.5) is 30.2 Å². The number of carbonyl (C=O) groups is 2. The predicted molar refractivity (Wildman–Crippen MR) is 114 cm³/mol. The zero-order valence-electron chi connectivity index (χ0n) is 17.8. The molecule has 2 atom stereocenters. The van der Waals surface area contributed by atoms with Crippen molar-refractivity contribution in [2.75, 3.05) is 30.0 Å². The summed E-state index contributed by atoms with van der Waals surface area (Å²) in [4.78, 5) is 27.9. The van der Waals surface area contributed by atoms with Gasteiger partial charge in [0.25, 0.3) is 0 Å². The molecular weight excluding hydrogens is 423 g/mol. The maximum absolute atomic E-state index is 12.8. The molecular formula is C23H24F3N3O3. The first-order chi connectivity index (χ1) is 15.2. The van der Waals surface area contributed by atoms with E-state index in [-0.39, 0.29) is 12.6 Å². The highest BCUT2D eigenvalue weighted by Crippen LogP contribution is 2.48. The zero-order valence-corrected chi connectivity index (χ0v) is 17.8. The molecule has 0 saturated carbocycles. The highest BCUT2D eigenvalue weighted by Gasteiger charge is 2.42. The third kappa shape index (κ3) is 3.99. The van der Waals surface area contributed by atoms with Gasteiger partial charge in [-0.3, -0.25) is 4.79 Å². The lowest BCUT2D eigenvalue weighted by Gasteiger charge is -2.41. The van der Waals surface area contributed by atoms with Crippen molar-refractivity contribution >= 4 is 28.9 Å². The van der Waals surface area contributed by atoms with Crippen LogP contribution in [0.3, 0.4) is 0 Å². The van der Waals surface area contributed by atoms with Crippen LogP contribution >= 0.6 is 0 Å². The molecule has 2 aliphatic heterocycles. The van der Waals surface area contributed by atoms with Crippen LogP contribution in [0.15, 0.2) is 42.5 Å². The number of para-hydroxylation sites is 1. The Bertz CT molecular complexity index is 1040. The molecule has 0 spiro atoms. The minimum Gasteiger partial charge on any atom is -0.462 e. The number of fused-ring (bicyclic) bond motifs is 5. The third-order valence-corrected chi connectivity index (χ3v) is 6.01. The van der Waals surface area contributed by atoms with E-state index in [1.54, 1.807) is 19.1 Å². The maximum Gasteiger partial charge on any atom is 0.471 e. The molecule has 2 aromatic carbocycles. The van der Waals surface area contributed by atoms with Gasteiger partial charge in [0.1, 0.15) is 0 Å². The smallest absolute Gasteiger partial charge is 0.462 e. The molecule has 9 heteroatoms. The summed E-state index contributed by atoms with van der Waals surface area (Å²) < 4.78 is 43.5. The lowest BCUT2D eigenvalue weighted by molar-refractivity contribution is -0.174. The quantitative estimate of drug-likeness (QED) is 0.710. The summed E-state index contributed by atoms with van der Waals surface area (Å²) in [5.41, 5.74) is 3.96. The number of carbonyl (C=O) groups excluding carboxylic acids is 2. The topological polar surface area (TPSA) is 61.9 Å². The van der Waals surface area contributed by atoms with Crippen molar-refractivity contribution in [1.82, 2.24) is 5.32 Å². The van der Waals surface area contributed by atoms with Gasteiger partial charge in [-0.05, 0) is 49.6 Å². The first kappa shape index (κ1) is 22.0. The molecule has 32 heavy (non-hydrogen) atoms. The van der Waals surface area contributed by atoms with Crippen molar-refractivity contribution in [3.63, 3.8) is 0 Å². The minimum absolute atomic E-state index is 0.226. The second kappa shape index (κ2) is 8.37. The number of nitrogens with one attached hydrogen (secondary N) is 1. The summed E-state index contributed by atoms with van der Waals surface area (Å²) >= 11 is 0. The Morgan fingerprint density at radius 2 is 1.88 bits per heavy atom. The molecule has 0 aromatic heterocycles. The SMILES string of the molecule is CCOC(=O)c1ccc2c(c1)N(C)c1ccccc1[C@H]1C[C@H](NC(=O)C(F)(F)F)CCN21. The molecule has 4 rings (SSSR count). The Balaban J connectivity index is 1.73. The van der Waals surface area contributed by atoms with E-state index in [2.05, 4.69) is 10.2 Å². The van der Waals surface area contributed by atoms with Gasteiger partial charge in [0.2, 0.25) is 0 Å². The lowest BCUT2D eigenvalue weighted by atomic mass is 9.90. The van der Waals surface area contributed by atoms with E-state index < -0.39 is 24.1 Å². The summed E-state index contributed by atoms with van der Waals surface area (Å²) in [5.74, 6) is -2.32. The molecule has 1 fully saturated rings. The third-order valence-electron chi connectivity index (χ3n) is 6.01. The molecule has 2 heterocycles. The van der Waals surface area contributed by atoms with Crippen molar-refractivity contribution in [3.05, 3.63) is 53.6 Å². The van der Waals surface area contributed by atoms with Crippen LogP contribution in [0.5, 0.6) is 0 Å². The molecule has 1 amide bonds. The van der Waals surface area contributed by atoms with E-state index in [4.69, 9.17) is 4.74 Å². The number of piperidine rings is 1. The minimum atomic E-state index is -4.91. The second-order valence-electron chi connectivity index (χ2n) is 7.94. The fourth-order valence-electron chi connectivity index (χ4n) is 4.53. The number of esters is 1. The molecule has 0 aliphatic carbocycles. The molecule has 2 aromatic rings. The first-order valence-electron chi connectivity index (χ1n) is 10.5. The number of hydrogen-bond donors (Lipinski definition) is 1. The summed E-state index contributed by atoms with van der Waals surface area (Å²) in [6.45, 7) is 2.48. The van der Waals surface area contributed by atoms with Gasteiger partial charge in [-0.15, -0.1) is 0 Å².